The molecule has 0 amide bonds. The normalized spacial score (nSPS) is 21.1. The van der Waals surface area contributed by atoms with Crippen molar-refractivity contribution in [1.29, 1.82) is 0 Å². The van der Waals surface area contributed by atoms with Crippen molar-refractivity contribution in [1.82, 2.24) is 4.90 Å². The summed E-state index contributed by atoms with van der Waals surface area (Å²) in [5.74, 6) is -0.713. The van der Waals surface area contributed by atoms with Gasteiger partial charge < -0.3 is 5.11 Å². The summed E-state index contributed by atoms with van der Waals surface area (Å²) in [5.41, 5.74) is 1.09. The number of hydrogen-bond donors (Lipinski definition) is 1. The summed E-state index contributed by atoms with van der Waals surface area (Å²) >= 11 is 9.38. The third-order valence-corrected chi connectivity index (χ3v) is 4.73. The first-order valence-electron chi connectivity index (χ1n) is 6.48. The van der Waals surface area contributed by atoms with E-state index in [1.54, 1.807) is 0 Å². The van der Waals surface area contributed by atoms with Crippen LogP contribution in [0.4, 0.5) is 0 Å². The van der Waals surface area contributed by atoms with Crippen LogP contribution in [0.15, 0.2) is 22.7 Å². The molecule has 3 nitrogen and oxygen atoms in total. The molecule has 0 aromatic heterocycles. The Hall–Kier alpha value is -0.580. The van der Waals surface area contributed by atoms with Crippen LogP contribution in [0.2, 0.25) is 5.02 Å². The van der Waals surface area contributed by atoms with Gasteiger partial charge in [-0.2, -0.15) is 0 Å². The second-order valence-corrected chi connectivity index (χ2v) is 6.18. The number of nitrogens with zero attached hydrogens (tertiary/aromatic N) is 1. The van der Waals surface area contributed by atoms with Crippen molar-refractivity contribution < 1.29 is 9.90 Å². The molecule has 0 aliphatic carbocycles. The van der Waals surface area contributed by atoms with Crippen LogP contribution >= 0.6 is 27.5 Å². The highest BCUT2D eigenvalue weighted by Gasteiger charge is 2.26. The van der Waals surface area contributed by atoms with E-state index in [2.05, 4.69) is 20.8 Å². The van der Waals surface area contributed by atoms with Gasteiger partial charge >= 0.3 is 5.97 Å². The van der Waals surface area contributed by atoms with Crippen LogP contribution in [0.5, 0.6) is 0 Å². The summed E-state index contributed by atoms with van der Waals surface area (Å²) < 4.78 is 0.855. The summed E-state index contributed by atoms with van der Waals surface area (Å²) in [6.07, 6.45) is 3.92. The van der Waals surface area contributed by atoms with E-state index in [1.807, 2.05) is 18.2 Å². The van der Waals surface area contributed by atoms with Gasteiger partial charge in [0, 0.05) is 11.0 Å². The minimum absolute atomic E-state index is 0.364. The minimum Gasteiger partial charge on any atom is -0.480 e. The molecular formula is C14H17BrClNO2. The lowest BCUT2D eigenvalue weighted by molar-refractivity contribution is -0.143. The largest absolute Gasteiger partial charge is 0.480 e. The van der Waals surface area contributed by atoms with Crippen LogP contribution in [-0.2, 0) is 11.3 Å². The van der Waals surface area contributed by atoms with Gasteiger partial charge in [-0.1, -0.05) is 30.5 Å². The molecule has 1 aromatic rings. The molecule has 5 heteroatoms. The van der Waals surface area contributed by atoms with E-state index in [-0.39, 0.29) is 6.04 Å². The summed E-state index contributed by atoms with van der Waals surface area (Å²) in [6.45, 7) is 1.50. The quantitative estimate of drug-likeness (QED) is 0.901. The number of benzene rings is 1. The molecule has 1 fully saturated rings. The van der Waals surface area contributed by atoms with Crippen LogP contribution in [0.1, 0.15) is 31.2 Å². The maximum atomic E-state index is 11.4. The molecule has 1 heterocycles. The molecule has 1 N–H and O–H groups in total. The number of halogens is 2. The summed E-state index contributed by atoms with van der Waals surface area (Å²) in [6, 6.07) is 5.40. The zero-order chi connectivity index (χ0) is 13.8. The SMILES string of the molecule is O=C(O)C1CCCCCN1Cc1ccc(Cl)c(Br)c1. The van der Waals surface area contributed by atoms with Gasteiger partial charge in [-0.25, -0.2) is 0 Å². The predicted octanol–water partition coefficient (Wildman–Crippen LogP) is 3.93. The standard InChI is InChI=1S/C14H17BrClNO2/c15-11-8-10(5-6-12(11)16)9-17-7-3-1-2-4-13(17)14(18)19/h5-6,8,13H,1-4,7,9H2,(H,18,19). The highest BCUT2D eigenvalue weighted by atomic mass is 79.9. The number of carbonyl (C=O) groups is 1. The average molecular weight is 347 g/mol. The summed E-state index contributed by atoms with van der Waals surface area (Å²) in [7, 11) is 0. The van der Waals surface area contributed by atoms with Gasteiger partial charge in [0.15, 0.2) is 0 Å². The topological polar surface area (TPSA) is 40.5 Å². The zero-order valence-electron chi connectivity index (χ0n) is 10.6. The summed E-state index contributed by atoms with van der Waals surface area (Å²) in [4.78, 5) is 13.4. The van der Waals surface area contributed by atoms with Crippen molar-refractivity contribution in [3.05, 3.63) is 33.3 Å². The minimum atomic E-state index is -0.713. The van der Waals surface area contributed by atoms with E-state index in [0.29, 0.717) is 11.6 Å². The monoisotopic (exact) mass is 345 g/mol. The zero-order valence-corrected chi connectivity index (χ0v) is 13.0. The van der Waals surface area contributed by atoms with Gasteiger partial charge in [-0.3, -0.25) is 9.69 Å². The lowest BCUT2D eigenvalue weighted by Crippen LogP contribution is -2.40. The average Bonchev–Trinajstić information content (AvgIpc) is 2.59. The molecule has 2 rings (SSSR count). The third kappa shape index (κ3) is 3.94. The molecule has 1 saturated heterocycles. The molecule has 0 spiro atoms. The molecule has 1 aromatic carbocycles. The van der Waals surface area contributed by atoms with Gasteiger partial charge in [0.05, 0.1) is 5.02 Å². The fraction of sp³-hybridized carbons (Fsp3) is 0.500. The molecule has 1 unspecified atom stereocenters. The molecule has 1 aliphatic rings. The Morgan fingerprint density at radius 3 is 2.89 bits per heavy atom. The van der Waals surface area contributed by atoms with E-state index in [1.165, 1.54) is 0 Å². The van der Waals surface area contributed by atoms with Crippen LogP contribution < -0.4 is 0 Å². The van der Waals surface area contributed by atoms with Gasteiger partial charge in [0.2, 0.25) is 0 Å². The van der Waals surface area contributed by atoms with Gasteiger partial charge in [0.25, 0.3) is 0 Å². The summed E-state index contributed by atoms with van der Waals surface area (Å²) in [5, 5.41) is 10.0. The second-order valence-electron chi connectivity index (χ2n) is 4.92. The van der Waals surface area contributed by atoms with Crippen molar-refractivity contribution in [3.63, 3.8) is 0 Å². The van der Waals surface area contributed by atoms with Crippen molar-refractivity contribution in [3.8, 4) is 0 Å². The Bertz CT molecular complexity index is 467. The smallest absolute Gasteiger partial charge is 0.320 e. The highest BCUT2D eigenvalue weighted by molar-refractivity contribution is 9.10. The van der Waals surface area contributed by atoms with Gasteiger partial charge in [-0.05, 0) is 53.0 Å². The van der Waals surface area contributed by atoms with Crippen molar-refractivity contribution in [2.45, 2.75) is 38.3 Å². The maximum absolute atomic E-state index is 11.4. The van der Waals surface area contributed by atoms with Crippen LogP contribution in [0.25, 0.3) is 0 Å². The van der Waals surface area contributed by atoms with Crippen LogP contribution in [0, 0.1) is 0 Å². The number of carboxylic acids is 1. The Labute approximate surface area is 126 Å². The molecule has 0 saturated carbocycles. The predicted molar refractivity (Wildman–Crippen MR) is 79.5 cm³/mol. The van der Waals surface area contributed by atoms with Crippen molar-refractivity contribution in [2.24, 2.45) is 0 Å². The number of carboxylic acid groups (broad SMARTS) is 1. The second kappa shape index (κ2) is 6.73. The fourth-order valence-corrected chi connectivity index (χ4v) is 3.05. The highest BCUT2D eigenvalue weighted by Crippen LogP contribution is 2.25. The number of aliphatic carboxylic acids is 1. The molecule has 104 valence electrons. The maximum Gasteiger partial charge on any atom is 0.320 e. The first kappa shape index (κ1) is 14.8. The van der Waals surface area contributed by atoms with Crippen LogP contribution in [-0.4, -0.2) is 28.6 Å². The van der Waals surface area contributed by atoms with Crippen molar-refractivity contribution >= 4 is 33.5 Å². The first-order chi connectivity index (χ1) is 9.08. The molecule has 0 radical (unpaired) electrons. The Kier molecular flexibility index (Phi) is 5.25. The lowest BCUT2D eigenvalue weighted by Gasteiger charge is -2.26. The number of rotatable bonds is 3. The number of likely N-dealkylation sites (tertiary alicyclic amines) is 1. The number of hydrogen-bond acceptors (Lipinski definition) is 2. The molecule has 19 heavy (non-hydrogen) atoms. The van der Waals surface area contributed by atoms with Gasteiger partial charge in [-0.15, -0.1) is 0 Å². The fourth-order valence-electron chi connectivity index (χ4n) is 2.51. The van der Waals surface area contributed by atoms with E-state index in [0.717, 1.165) is 42.3 Å². The molecule has 1 aliphatic heterocycles. The molecular weight excluding hydrogens is 330 g/mol. The Morgan fingerprint density at radius 2 is 2.21 bits per heavy atom. The van der Waals surface area contributed by atoms with E-state index in [4.69, 9.17) is 11.6 Å². The van der Waals surface area contributed by atoms with E-state index >= 15 is 0 Å². The first-order valence-corrected chi connectivity index (χ1v) is 7.66. The van der Waals surface area contributed by atoms with Crippen LogP contribution in [0.3, 0.4) is 0 Å². The van der Waals surface area contributed by atoms with E-state index < -0.39 is 5.97 Å². The van der Waals surface area contributed by atoms with Gasteiger partial charge in [0.1, 0.15) is 6.04 Å². The Morgan fingerprint density at radius 1 is 1.42 bits per heavy atom. The van der Waals surface area contributed by atoms with E-state index in [9.17, 15) is 9.90 Å². The third-order valence-electron chi connectivity index (χ3n) is 3.52. The lowest BCUT2D eigenvalue weighted by atomic mass is 10.1. The Balaban J connectivity index is 2.13. The van der Waals surface area contributed by atoms with Crippen molar-refractivity contribution in [2.75, 3.05) is 6.54 Å². The molecule has 1 atom stereocenters. The molecule has 0 bridgehead atoms.